The third-order valence-electron chi connectivity index (χ3n) is 19.1. The number of carbonyl (C=O) groups is 11. The molecule has 2 atom stereocenters. The van der Waals surface area contributed by atoms with Crippen LogP contribution in [0.1, 0.15) is 78.2 Å². The highest BCUT2D eigenvalue weighted by molar-refractivity contribution is 6.25. The Labute approximate surface area is 615 Å². The van der Waals surface area contributed by atoms with Crippen molar-refractivity contribution in [1.29, 1.82) is 0 Å². The summed E-state index contributed by atoms with van der Waals surface area (Å²) < 4.78 is 37.2. The molecule has 33 nitrogen and oxygen atoms in total. The molecule has 0 bridgehead atoms. The number of nitrogens with one attached hydrogen (secondary N) is 3. The van der Waals surface area contributed by atoms with Crippen LogP contribution in [0, 0.1) is 0 Å². The molecule has 0 saturated carbocycles. The lowest BCUT2D eigenvalue weighted by Gasteiger charge is -2.35. The third-order valence-corrected chi connectivity index (χ3v) is 19.1. The van der Waals surface area contributed by atoms with Crippen LogP contribution >= 0.6 is 0 Å². The van der Waals surface area contributed by atoms with Gasteiger partial charge in [0.25, 0.3) is 47.1 Å². The maximum Gasteiger partial charge on any atom is 0.341 e. The van der Waals surface area contributed by atoms with Crippen LogP contribution < -0.4 is 55.5 Å². The van der Waals surface area contributed by atoms with Crippen molar-refractivity contribution < 1.29 is 91.4 Å². The van der Waals surface area contributed by atoms with E-state index in [4.69, 9.17) is 43.4 Å². The van der Waals surface area contributed by atoms with Crippen molar-refractivity contribution in [2.24, 2.45) is 14.1 Å². The summed E-state index contributed by atoms with van der Waals surface area (Å²) in [5.41, 5.74) is 5.24. The predicted molar refractivity (Wildman–Crippen MR) is 385 cm³/mol. The number of hydrogen-bond acceptors (Lipinski definition) is 24. The molecule has 14 rings (SSSR count). The molecule has 6 aliphatic heterocycles. The van der Waals surface area contributed by atoms with Gasteiger partial charge >= 0.3 is 5.97 Å². The van der Waals surface area contributed by atoms with Gasteiger partial charge in [0.05, 0.1) is 72.6 Å². The van der Waals surface area contributed by atoms with Gasteiger partial charge in [0.2, 0.25) is 23.6 Å². The smallest absolute Gasteiger partial charge is 0.341 e. The lowest BCUT2D eigenvalue weighted by atomic mass is 9.99. The Morgan fingerprint density at radius 1 is 0.519 bits per heavy atom. The number of aromatic nitrogens is 4. The van der Waals surface area contributed by atoms with Gasteiger partial charge in [0.15, 0.2) is 13.2 Å². The molecule has 5 N–H and O–H groups in total. The van der Waals surface area contributed by atoms with Gasteiger partial charge in [-0.1, -0.05) is 12.1 Å². The number of methoxy groups -OCH3 is 4. The predicted octanol–water partition coefficient (Wildman–Crippen LogP) is 3.02. The normalized spacial score (nSPS) is 17.1. The standard InChI is InChI=1S/C37H36N6O9.C22H26N4O3.C15H12N2O7.CH2O2/c1-40-18-25(22-9-10-38-17-24(22)35(40)47)21-15-29(50-2)26(30(16-21)51-3)19-41-11-13-42(14-12-41)32(45)20-52-28-6-4-5-23-33(28)37(49)43(36(23)48)27-7-8-31(44)39-34(27)46;1-25-13-18(16-4-5-24-12-17(16)22(25)27)15-10-20(28-2)19(21(11-15)29-3)14-26-8-6-23-7-9-26;18-10-5-4-8(13(21)16-10)17-14(22)7-2-1-3-9(12(7)15(17)23)24-6-11(19)20;2-1-3/h4-6,9-10,15-18,27H,7-8,11-14,19-20H2,1-3H3,(H,39,44,46);4-5,10-13,23H,6-9,14H2,1-3H3;1-3,8H,4-6H2,(H,19,20)(H,16,18,21);1H,(H,2,3). The molecule has 33 heteroatoms. The molecule has 4 aromatic carbocycles. The van der Waals surface area contributed by atoms with Gasteiger partial charge in [-0.05, 0) is 95.4 Å². The number of carboxylic acid groups (broad SMARTS) is 2. The molecule has 10 heterocycles. The minimum atomic E-state index is -1.23. The van der Waals surface area contributed by atoms with Gasteiger partial charge in [0.1, 0.15) is 46.6 Å². The minimum absolute atomic E-state index is 0.00904. The van der Waals surface area contributed by atoms with E-state index >= 15 is 0 Å². The first kappa shape index (κ1) is 76.4. The highest BCUT2D eigenvalue weighted by Crippen LogP contribution is 2.41. The number of fused-ring (bicyclic) bond motifs is 4. The maximum atomic E-state index is 13.4. The molecular formula is C75H76N12O21. The lowest BCUT2D eigenvalue weighted by molar-refractivity contribution is -0.139. The highest BCUT2D eigenvalue weighted by atomic mass is 16.5. The van der Waals surface area contributed by atoms with Crippen molar-refractivity contribution in [3.63, 3.8) is 0 Å². The summed E-state index contributed by atoms with van der Waals surface area (Å²) in [6, 6.07) is 18.2. The largest absolute Gasteiger partial charge is 0.496 e. The Kier molecular flexibility index (Phi) is 23.7. The van der Waals surface area contributed by atoms with Crippen LogP contribution in [-0.2, 0) is 60.7 Å². The fraction of sp³-hybridized carbons (Fsp3) is 0.320. The number of hydrogen-bond donors (Lipinski definition) is 5. The summed E-state index contributed by atoms with van der Waals surface area (Å²) in [5.74, 6) is -3.77. The Balaban J connectivity index is 0.000000174. The van der Waals surface area contributed by atoms with Gasteiger partial charge in [-0.2, -0.15) is 0 Å². The summed E-state index contributed by atoms with van der Waals surface area (Å²) in [6.07, 6.45) is 10.3. The summed E-state index contributed by atoms with van der Waals surface area (Å²) >= 11 is 0. The number of rotatable bonds is 18. The molecule has 4 saturated heterocycles. The average molecular weight is 1480 g/mol. The van der Waals surface area contributed by atoms with Crippen LogP contribution in [0.4, 0.5) is 0 Å². The lowest BCUT2D eigenvalue weighted by Crippen LogP contribution is -2.54. The Morgan fingerprint density at radius 2 is 0.917 bits per heavy atom. The first-order chi connectivity index (χ1) is 52.0. The molecule has 562 valence electrons. The van der Waals surface area contributed by atoms with Gasteiger partial charge in [0, 0.05) is 141 Å². The molecule has 4 fully saturated rings. The first-order valence-corrected chi connectivity index (χ1v) is 34.1. The second-order valence-electron chi connectivity index (χ2n) is 25.5. The molecule has 6 aliphatic rings. The molecule has 8 aromatic rings. The summed E-state index contributed by atoms with van der Waals surface area (Å²) in [6.45, 7) is 5.93. The van der Waals surface area contributed by atoms with E-state index in [1.807, 2.05) is 42.6 Å². The zero-order valence-corrected chi connectivity index (χ0v) is 59.6. The number of amides is 9. The molecule has 4 aromatic heterocycles. The van der Waals surface area contributed by atoms with Crippen LogP contribution in [0.5, 0.6) is 34.5 Å². The number of benzene rings is 4. The number of nitrogens with zero attached hydrogens (tertiary/aromatic N) is 9. The molecule has 0 spiro atoms. The first-order valence-electron chi connectivity index (χ1n) is 34.1. The van der Waals surface area contributed by atoms with E-state index in [0.717, 1.165) is 98.2 Å². The fourth-order valence-electron chi connectivity index (χ4n) is 13.7. The van der Waals surface area contributed by atoms with E-state index in [1.165, 1.54) is 34.9 Å². The van der Waals surface area contributed by atoms with E-state index < -0.39 is 71.9 Å². The van der Waals surface area contributed by atoms with Crippen LogP contribution in [0.3, 0.4) is 0 Å². The zero-order valence-electron chi connectivity index (χ0n) is 59.6. The van der Waals surface area contributed by atoms with E-state index in [9.17, 15) is 57.5 Å². The number of piperazine rings is 2. The molecular weight excluding hydrogens is 1400 g/mol. The summed E-state index contributed by atoms with van der Waals surface area (Å²) in [5, 5.41) is 26.0. The number of carboxylic acids is 1. The van der Waals surface area contributed by atoms with Gasteiger partial charge in [-0.15, -0.1) is 0 Å². The van der Waals surface area contributed by atoms with Gasteiger partial charge in [-0.3, -0.25) is 97.7 Å². The maximum absolute atomic E-state index is 13.4. The van der Waals surface area contributed by atoms with Crippen molar-refractivity contribution >= 4 is 87.2 Å². The van der Waals surface area contributed by atoms with E-state index in [1.54, 1.807) is 89.1 Å². The van der Waals surface area contributed by atoms with Gasteiger partial charge in [-0.25, -0.2) is 4.79 Å². The number of pyridine rings is 4. The molecule has 108 heavy (non-hydrogen) atoms. The average Bonchev–Trinajstić information content (AvgIpc) is 1.49. The Morgan fingerprint density at radius 3 is 1.31 bits per heavy atom. The fourth-order valence-corrected chi connectivity index (χ4v) is 13.7. The second-order valence-corrected chi connectivity index (χ2v) is 25.5. The van der Waals surface area contributed by atoms with Crippen LogP contribution in [0.2, 0.25) is 0 Å². The second kappa shape index (κ2) is 33.6. The molecule has 0 radical (unpaired) electrons. The van der Waals surface area contributed by atoms with Crippen LogP contribution in [0.25, 0.3) is 43.8 Å². The van der Waals surface area contributed by atoms with Crippen molar-refractivity contribution in [1.82, 2.24) is 59.6 Å². The number of carbonyl (C=O) groups excluding carboxylic acids is 9. The van der Waals surface area contributed by atoms with Crippen molar-refractivity contribution in [3.05, 3.63) is 164 Å². The third kappa shape index (κ3) is 15.9. The van der Waals surface area contributed by atoms with Gasteiger partial charge < -0.3 is 58.0 Å². The Bertz CT molecular complexity index is 5010. The van der Waals surface area contributed by atoms with Crippen LogP contribution in [-0.4, -0.2) is 226 Å². The summed E-state index contributed by atoms with van der Waals surface area (Å²) in [7, 11) is 10.0. The topological polar surface area (TPSA) is 406 Å². The Hall–Kier alpha value is -12.8. The minimum Gasteiger partial charge on any atom is -0.496 e. The quantitative estimate of drug-likeness (QED) is 0.0609. The van der Waals surface area contributed by atoms with E-state index in [2.05, 4.69) is 35.7 Å². The zero-order chi connectivity index (χ0) is 77.2. The molecule has 9 amide bonds. The molecule has 0 aliphatic carbocycles. The number of aryl methyl sites for hydroxylation is 2. The number of piperidine rings is 2. The van der Waals surface area contributed by atoms with Crippen LogP contribution in [0.15, 0.2) is 120 Å². The van der Waals surface area contributed by atoms with Crippen molar-refractivity contribution in [3.8, 4) is 56.8 Å². The number of ether oxygens (including phenoxy) is 6. The number of aliphatic carboxylic acids is 1. The summed E-state index contributed by atoms with van der Waals surface area (Å²) in [4.78, 5) is 172. The van der Waals surface area contributed by atoms with Crippen molar-refractivity contribution in [2.75, 3.05) is 94.0 Å². The SMILES string of the molecule is COc1cc(-c2cn(C)c(=O)c3cnccc23)cc(OC)c1CN1CCN(C(=O)COc2cccc3c2C(=O)N(C2CCC(=O)NC2=O)C3=O)CC1.COc1cc(-c2cn(C)c(=O)c3cnccc23)cc(OC)c1CN1CCNCC1.O=C(O)COc1cccc2c1C(=O)N(C1CCC(=O)NC1=O)C2=O.O=CO. The monoisotopic (exact) mass is 1480 g/mol. The van der Waals surface area contributed by atoms with E-state index in [-0.39, 0.29) is 89.5 Å². The highest BCUT2D eigenvalue weighted by Gasteiger charge is 2.48. The van der Waals surface area contributed by atoms with E-state index in [0.29, 0.717) is 55.0 Å². The number of imide groups is 4. The van der Waals surface area contributed by atoms with Crippen molar-refractivity contribution in [2.45, 2.75) is 50.9 Å². The molecule has 2 unspecified atom stereocenters.